The molecule has 0 aliphatic rings. The monoisotopic (exact) mass is 277 g/mol. The Balaban J connectivity index is 2.44. The first-order valence-corrected chi connectivity index (χ1v) is 6.11. The van der Waals surface area contributed by atoms with Crippen LogP contribution in [0, 0.1) is 0 Å². The molecule has 0 saturated carbocycles. The van der Waals surface area contributed by atoms with Crippen LogP contribution in [-0.4, -0.2) is 12.1 Å². The van der Waals surface area contributed by atoms with E-state index in [4.69, 9.17) is 4.74 Å². The molecule has 0 unspecified atom stereocenters. The number of aromatic nitrogens is 1. The Labute approximate surface area is 103 Å². The van der Waals surface area contributed by atoms with Crippen molar-refractivity contribution in [1.82, 2.24) is 4.98 Å². The molecule has 2 rings (SSSR count). The minimum Gasteiger partial charge on any atom is -0.495 e. The van der Waals surface area contributed by atoms with Gasteiger partial charge in [-0.25, -0.2) is 0 Å². The summed E-state index contributed by atoms with van der Waals surface area (Å²) in [7, 11) is 1.66. The van der Waals surface area contributed by atoms with Crippen molar-refractivity contribution in [3.05, 3.63) is 48.2 Å². The van der Waals surface area contributed by atoms with Crippen molar-refractivity contribution >= 4 is 15.9 Å². The van der Waals surface area contributed by atoms with Crippen molar-refractivity contribution in [1.29, 1.82) is 0 Å². The molecule has 0 spiro atoms. The number of alkyl halides is 1. The van der Waals surface area contributed by atoms with Crippen molar-refractivity contribution in [3.63, 3.8) is 0 Å². The summed E-state index contributed by atoms with van der Waals surface area (Å²) < 4.78 is 5.23. The van der Waals surface area contributed by atoms with Crippen molar-refractivity contribution < 1.29 is 4.74 Å². The molecule has 1 aromatic carbocycles. The Kier molecular flexibility index (Phi) is 3.57. The van der Waals surface area contributed by atoms with Crippen LogP contribution in [0.2, 0.25) is 0 Å². The summed E-state index contributed by atoms with van der Waals surface area (Å²) >= 11 is 3.45. The number of hydrogen-bond donors (Lipinski definition) is 0. The zero-order valence-corrected chi connectivity index (χ0v) is 10.6. The second kappa shape index (κ2) is 5.12. The lowest BCUT2D eigenvalue weighted by Gasteiger charge is -2.07. The number of nitrogens with zero attached hydrogens (tertiary/aromatic N) is 1. The zero-order chi connectivity index (χ0) is 11.4. The fourth-order valence-electron chi connectivity index (χ4n) is 1.54. The second-order valence-electron chi connectivity index (χ2n) is 3.38. The lowest BCUT2D eigenvalue weighted by atomic mass is 10.1. The molecular weight excluding hydrogens is 266 g/mol. The van der Waals surface area contributed by atoms with Gasteiger partial charge >= 0.3 is 0 Å². The largest absolute Gasteiger partial charge is 0.495 e. The number of halogens is 1. The Morgan fingerprint density at radius 3 is 2.62 bits per heavy atom. The van der Waals surface area contributed by atoms with E-state index in [2.05, 4.69) is 20.9 Å². The number of pyridine rings is 1. The van der Waals surface area contributed by atoms with Crippen molar-refractivity contribution in [2.24, 2.45) is 0 Å². The summed E-state index contributed by atoms with van der Waals surface area (Å²) in [5, 5.41) is 0.762. The van der Waals surface area contributed by atoms with Gasteiger partial charge in [-0.1, -0.05) is 46.3 Å². The fourth-order valence-corrected chi connectivity index (χ4v) is 1.98. The molecule has 0 bridgehead atoms. The van der Waals surface area contributed by atoms with E-state index in [1.54, 1.807) is 13.3 Å². The predicted octanol–water partition coefficient (Wildman–Crippen LogP) is 3.65. The third-order valence-corrected chi connectivity index (χ3v) is 2.99. The molecule has 0 N–H and O–H groups in total. The average molecular weight is 278 g/mol. The van der Waals surface area contributed by atoms with Gasteiger partial charge in [-0.15, -0.1) is 0 Å². The lowest BCUT2D eigenvalue weighted by Crippen LogP contribution is -1.92. The first kappa shape index (κ1) is 11.1. The second-order valence-corrected chi connectivity index (χ2v) is 3.94. The number of hydrogen-bond acceptors (Lipinski definition) is 2. The summed E-state index contributed by atoms with van der Waals surface area (Å²) in [6.07, 6.45) is 1.76. The Bertz CT molecular complexity index is 471. The maximum Gasteiger partial charge on any atom is 0.141 e. The first-order chi connectivity index (χ1) is 7.85. The molecule has 16 heavy (non-hydrogen) atoms. The highest BCUT2D eigenvalue weighted by atomic mass is 79.9. The van der Waals surface area contributed by atoms with E-state index in [1.807, 2.05) is 36.4 Å². The van der Waals surface area contributed by atoms with E-state index in [0.717, 1.165) is 27.9 Å². The van der Waals surface area contributed by atoms with Crippen LogP contribution >= 0.6 is 15.9 Å². The van der Waals surface area contributed by atoms with Crippen molar-refractivity contribution in [2.75, 3.05) is 7.11 Å². The molecule has 2 aromatic rings. The lowest BCUT2D eigenvalue weighted by molar-refractivity contribution is 0.409. The summed E-state index contributed by atoms with van der Waals surface area (Å²) in [6.45, 7) is 0. The van der Waals surface area contributed by atoms with Gasteiger partial charge in [-0.05, 0) is 6.07 Å². The van der Waals surface area contributed by atoms with E-state index in [9.17, 15) is 0 Å². The minimum atomic E-state index is 0.762. The molecular formula is C13H12BrNO. The van der Waals surface area contributed by atoms with Crippen molar-refractivity contribution in [2.45, 2.75) is 5.33 Å². The molecule has 0 radical (unpaired) electrons. The Hall–Kier alpha value is -1.35. The molecule has 2 nitrogen and oxygen atoms in total. The van der Waals surface area contributed by atoms with Gasteiger partial charge in [0.2, 0.25) is 0 Å². The molecule has 0 saturated heterocycles. The Morgan fingerprint density at radius 2 is 2.00 bits per heavy atom. The third-order valence-electron chi connectivity index (χ3n) is 2.38. The maximum absolute atomic E-state index is 5.23. The van der Waals surface area contributed by atoms with Crippen molar-refractivity contribution in [3.8, 4) is 17.0 Å². The van der Waals surface area contributed by atoms with Gasteiger partial charge < -0.3 is 4.74 Å². The van der Waals surface area contributed by atoms with Crippen LogP contribution in [0.3, 0.4) is 0 Å². The minimum absolute atomic E-state index is 0.762. The van der Waals surface area contributed by atoms with Crippen LogP contribution in [0.15, 0.2) is 42.6 Å². The number of rotatable bonds is 3. The van der Waals surface area contributed by atoms with Gasteiger partial charge in [-0.3, -0.25) is 4.98 Å². The number of methoxy groups -OCH3 is 1. The summed E-state index contributed by atoms with van der Waals surface area (Å²) in [5.74, 6) is 0.816. The van der Waals surface area contributed by atoms with Crippen LogP contribution in [0.5, 0.6) is 5.75 Å². The summed E-state index contributed by atoms with van der Waals surface area (Å²) in [4.78, 5) is 4.38. The first-order valence-electron chi connectivity index (χ1n) is 4.99. The van der Waals surface area contributed by atoms with Crippen LogP contribution < -0.4 is 4.74 Å². The maximum atomic E-state index is 5.23. The molecule has 0 aliphatic carbocycles. The molecule has 0 aliphatic heterocycles. The van der Waals surface area contributed by atoms with Gasteiger partial charge in [0, 0.05) is 16.5 Å². The molecule has 82 valence electrons. The highest BCUT2D eigenvalue weighted by Crippen LogP contribution is 2.25. The average Bonchev–Trinajstić information content (AvgIpc) is 2.39. The van der Waals surface area contributed by atoms with Crippen LogP contribution in [0.4, 0.5) is 0 Å². The molecule has 1 heterocycles. The third kappa shape index (κ3) is 2.25. The topological polar surface area (TPSA) is 22.1 Å². The quantitative estimate of drug-likeness (QED) is 0.799. The molecule has 1 aromatic heterocycles. The van der Waals surface area contributed by atoms with E-state index in [-0.39, 0.29) is 0 Å². The molecule has 3 heteroatoms. The number of benzene rings is 1. The normalized spacial score (nSPS) is 10.1. The molecule has 0 amide bonds. The van der Waals surface area contributed by atoms with Gasteiger partial charge in [-0.2, -0.15) is 0 Å². The van der Waals surface area contributed by atoms with E-state index in [0.29, 0.717) is 0 Å². The molecule has 0 fully saturated rings. The van der Waals surface area contributed by atoms with Gasteiger partial charge in [0.15, 0.2) is 0 Å². The summed E-state index contributed by atoms with van der Waals surface area (Å²) in [6, 6.07) is 12.2. The van der Waals surface area contributed by atoms with Gasteiger partial charge in [0.05, 0.1) is 19.0 Å². The van der Waals surface area contributed by atoms with Gasteiger partial charge in [0.25, 0.3) is 0 Å². The standard InChI is InChI=1S/C13H12BrNO/c1-16-13-9-15-12(7-11(13)8-14)10-5-3-2-4-6-10/h2-7,9H,8H2,1H3. The van der Waals surface area contributed by atoms with Crippen LogP contribution in [0.25, 0.3) is 11.3 Å². The highest BCUT2D eigenvalue weighted by molar-refractivity contribution is 9.08. The fraction of sp³-hybridized carbons (Fsp3) is 0.154. The predicted molar refractivity (Wildman–Crippen MR) is 68.9 cm³/mol. The summed E-state index contributed by atoms with van der Waals surface area (Å²) in [5.41, 5.74) is 3.19. The van der Waals surface area contributed by atoms with Gasteiger partial charge in [0.1, 0.15) is 5.75 Å². The van der Waals surface area contributed by atoms with E-state index < -0.39 is 0 Å². The highest BCUT2D eigenvalue weighted by Gasteiger charge is 2.05. The van der Waals surface area contributed by atoms with E-state index >= 15 is 0 Å². The van der Waals surface area contributed by atoms with E-state index in [1.165, 1.54) is 0 Å². The van der Waals surface area contributed by atoms with Crippen LogP contribution in [0.1, 0.15) is 5.56 Å². The van der Waals surface area contributed by atoms with Crippen LogP contribution in [-0.2, 0) is 5.33 Å². The molecule has 0 atom stereocenters. The smallest absolute Gasteiger partial charge is 0.141 e. The SMILES string of the molecule is COc1cnc(-c2ccccc2)cc1CBr. The number of ether oxygens (including phenoxy) is 1. The zero-order valence-electron chi connectivity index (χ0n) is 8.98. The Morgan fingerprint density at radius 1 is 1.25 bits per heavy atom.